The molecule has 0 aromatic heterocycles. The quantitative estimate of drug-likeness (QED) is 0.615. The highest BCUT2D eigenvalue weighted by Crippen LogP contribution is 2.27. The molecule has 7 nitrogen and oxygen atoms in total. The van der Waals surface area contributed by atoms with Gasteiger partial charge >= 0.3 is 0 Å². The van der Waals surface area contributed by atoms with Gasteiger partial charge in [0.05, 0.1) is 4.92 Å². The van der Waals surface area contributed by atoms with E-state index < -0.39 is 4.92 Å². The molecule has 0 saturated carbocycles. The van der Waals surface area contributed by atoms with E-state index in [1.807, 2.05) is 0 Å². The highest BCUT2D eigenvalue weighted by atomic mass is 16.6. The van der Waals surface area contributed by atoms with Gasteiger partial charge in [0, 0.05) is 37.7 Å². The molecule has 2 atom stereocenters. The van der Waals surface area contributed by atoms with E-state index in [0.29, 0.717) is 24.7 Å². The first kappa shape index (κ1) is 16.7. The topological polar surface area (TPSA) is 87.5 Å². The first-order valence-electron chi connectivity index (χ1n) is 8.66. The number of nitro benzene ring substituents is 1. The maximum atomic E-state index is 12.2. The Bertz CT molecular complexity index is 607. The van der Waals surface area contributed by atoms with E-state index in [2.05, 4.69) is 15.5 Å². The number of nitrogens with one attached hydrogen (secondary N) is 2. The van der Waals surface area contributed by atoms with Crippen molar-refractivity contribution in [2.75, 3.05) is 25.0 Å². The summed E-state index contributed by atoms with van der Waals surface area (Å²) < 4.78 is 0. The van der Waals surface area contributed by atoms with Crippen molar-refractivity contribution in [3.8, 4) is 0 Å². The van der Waals surface area contributed by atoms with Crippen LogP contribution < -0.4 is 10.6 Å². The summed E-state index contributed by atoms with van der Waals surface area (Å²) in [5, 5.41) is 17.1. The minimum absolute atomic E-state index is 0.0125. The fraction of sp³-hybridized carbons (Fsp3) is 0.588. The third-order valence-corrected chi connectivity index (χ3v) is 4.97. The van der Waals surface area contributed by atoms with Gasteiger partial charge in [0.25, 0.3) is 5.69 Å². The number of hydrogen-bond donors (Lipinski definition) is 2. The average molecular weight is 332 g/mol. The van der Waals surface area contributed by atoms with Crippen LogP contribution in [0.25, 0.3) is 0 Å². The maximum absolute atomic E-state index is 12.2. The molecule has 2 aliphatic heterocycles. The number of hydrogen-bond acceptors (Lipinski definition) is 5. The number of anilines is 1. The van der Waals surface area contributed by atoms with Crippen LogP contribution in [0, 0.1) is 10.1 Å². The number of nitro groups is 1. The average Bonchev–Trinajstić information content (AvgIpc) is 2.98. The van der Waals surface area contributed by atoms with E-state index in [0.717, 1.165) is 19.5 Å². The second-order valence-corrected chi connectivity index (χ2v) is 6.51. The number of carbonyl (C=O) groups is 1. The predicted octanol–water partition coefficient (Wildman–Crippen LogP) is 2.14. The zero-order valence-electron chi connectivity index (χ0n) is 13.7. The van der Waals surface area contributed by atoms with Crippen LogP contribution in [0.3, 0.4) is 0 Å². The van der Waals surface area contributed by atoms with Crippen molar-refractivity contribution in [3.63, 3.8) is 0 Å². The van der Waals surface area contributed by atoms with Gasteiger partial charge in [-0.3, -0.25) is 19.8 Å². The van der Waals surface area contributed by atoms with Gasteiger partial charge in [-0.15, -0.1) is 0 Å². The third-order valence-electron chi connectivity index (χ3n) is 4.97. The zero-order chi connectivity index (χ0) is 16.9. The standard InChI is InChI=1S/C17H24N4O3/c22-17(19-14-9-12-20-11-4-3-6-15(14)20)8-10-18-13-5-1-2-7-16(13)21(23)24/h1-2,5,7,14-15,18H,3-4,6,8-12H2,(H,19,22)/t14-,15-/m0/s1. The van der Waals surface area contributed by atoms with Gasteiger partial charge in [0.1, 0.15) is 5.69 Å². The summed E-state index contributed by atoms with van der Waals surface area (Å²) in [6, 6.07) is 7.23. The number of fused-ring (bicyclic) bond motifs is 1. The summed E-state index contributed by atoms with van der Waals surface area (Å²) in [6.07, 6.45) is 5.01. The number of amides is 1. The summed E-state index contributed by atoms with van der Waals surface area (Å²) >= 11 is 0. The normalized spacial score (nSPS) is 23.5. The molecule has 0 radical (unpaired) electrons. The summed E-state index contributed by atoms with van der Waals surface area (Å²) in [4.78, 5) is 25.2. The molecule has 0 aliphatic carbocycles. The molecule has 7 heteroatoms. The smallest absolute Gasteiger partial charge is 0.292 e. The molecule has 130 valence electrons. The molecule has 1 amide bonds. The lowest BCUT2D eigenvalue weighted by Crippen LogP contribution is -2.47. The lowest BCUT2D eigenvalue weighted by atomic mass is 9.99. The molecule has 24 heavy (non-hydrogen) atoms. The van der Waals surface area contributed by atoms with Crippen LogP contribution in [0.4, 0.5) is 11.4 Å². The fourth-order valence-corrected chi connectivity index (χ4v) is 3.79. The molecule has 2 fully saturated rings. The Balaban J connectivity index is 1.46. The summed E-state index contributed by atoms with van der Waals surface area (Å²) in [7, 11) is 0. The van der Waals surface area contributed by atoms with Crippen LogP contribution >= 0.6 is 0 Å². The molecular formula is C17H24N4O3. The Morgan fingerprint density at radius 2 is 2.08 bits per heavy atom. The minimum atomic E-state index is -0.418. The van der Waals surface area contributed by atoms with E-state index in [-0.39, 0.29) is 17.6 Å². The molecule has 2 heterocycles. The number of nitrogens with zero attached hydrogens (tertiary/aromatic N) is 2. The molecule has 0 spiro atoms. The van der Waals surface area contributed by atoms with E-state index in [1.165, 1.54) is 25.3 Å². The van der Waals surface area contributed by atoms with Crippen LogP contribution in [0.15, 0.2) is 24.3 Å². The number of para-hydroxylation sites is 2. The van der Waals surface area contributed by atoms with Crippen LogP contribution in [-0.2, 0) is 4.79 Å². The molecule has 2 saturated heterocycles. The lowest BCUT2D eigenvalue weighted by molar-refractivity contribution is -0.384. The second-order valence-electron chi connectivity index (χ2n) is 6.51. The van der Waals surface area contributed by atoms with Crippen molar-refractivity contribution in [1.29, 1.82) is 0 Å². The largest absolute Gasteiger partial charge is 0.379 e. The van der Waals surface area contributed by atoms with Crippen molar-refractivity contribution in [2.45, 2.75) is 44.2 Å². The first-order chi connectivity index (χ1) is 11.6. The van der Waals surface area contributed by atoms with Crippen molar-refractivity contribution in [2.24, 2.45) is 0 Å². The monoisotopic (exact) mass is 332 g/mol. The number of piperidine rings is 1. The van der Waals surface area contributed by atoms with E-state index in [1.54, 1.807) is 18.2 Å². The first-order valence-corrected chi connectivity index (χ1v) is 8.66. The SMILES string of the molecule is O=C(CCNc1ccccc1[N+](=O)[O-])N[C@H]1CCN2CCCC[C@@H]12. The Labute approximate surface area is 141 Å². The minimum Gasteiger partial charge on any atom is -0.379 e. The summed E-state index contributed by atoms with van der Waals surface area (Å²) in [5.74, 6) is 0.0125. The Kier molecular flexibility index (Phi) is 5.30. The molecule has 3 rings (SSSR count). The Morgan fingerprint density at radius 1 is 1.25 bits per heavy atom. The van der Waals surface area contributed by atoms with Gasteiger partial charge in [-0.1, -0.05) is 18.6 Å². The van der Waals surface area contributed by atoms with Gasteiger partial charge in [-0.25, -0.2) is 0 Å². The van der Waals surface area contributed by atoms with E-state index in [4.69, 9.17) is 0 Å². The lowest BCUT2D eigenvalue weighted by Gasteiger charge is -2.32. The van der Waals surface area contributed by atoms with Crippen LogP contribution in [0.2, 0.25) is 0 Å². The molecule has 0 unspecified atom stereocenters. The van der Waals surface area contributed by atoms with Crippen molar-refractivity contribution < 1.29 is 9.72 Å². The van der Waals surface area contributed by atoms with Gasteiger partial charge in [0.2, 0.25) is 5.91 Å². The number of rotatable bonds is 6. The van der Waals surface area contributed by atoms with Crippen LogP contribution in [0.5, 0.6) is 0 Å². The maximum Gasteiger partial charge on any atom is 0.292 e. The molecule has 2 N–H and O–H groups in total. The molecular weight excluding hydrogens is 308 g/mol. The number of carbonyl (C=O) groups excluding carboxylic acids is 1. The Morgan fingerprint density at radius 3 is 2.92 bits per heavy atom. The molecule has 1 aromatic carbocycles. The fourth-order valence-electron chi connectivity index (χ4n) is 3.79. The second kappa shape index (κ2) is 7.61. The predicted molar refractivity (Wildman–Crippen MR) is 92.0 cm³/mol. The molecule has 1 aromatic rings. The van der Waals surface area contributed by atoms with Crippen molar-refractivity contribution in [3.05, 3.63) is 34.4 Å². The van der Waals surface area contributed by atoms with Crippen molar-refractivity contribution in [1.82, 2.24) is 10.2 Å². The van der Waals surface area contributed by atoms with Crippen molar-refractivity contribution >= 4 is 17.3 Å². The third kappa shape index (κ3) is 3.84. The number of benzene rings is 1. The van der Waals surface area contributed by atoms with Gasteiger partial charge in [-0.05, 0) is 31.9 Å². The van der Waals surface area contributed by atoms with E-state index >= 15 is 0 Å². The van der Waals surface area contributed by atoms with Gasteiger partial charge in [-0.2, -0.15) is 0 Å². The zero-order valence-corrected chi connectivity index (χ0v) is 13.7. The molecule has 2 aliphatic rings. The van der Waals surface area contributed by atoms with Gasteiger partial charge in [0.15, 0.2) is 0 Å². The van der Waals surface area contributed by atoms with Gasteiger partial charge < -0.3 is 10.6 Å². The van der Waals surface area contributed by atoms with Crippen LogP contribution in [0.1, 0.15) is 32.1 Å². The molecule has 0 bridgehead atoms. The van der Waals surface area contributed by atoms with Crippen LogP contribution in [-0.4, -0.2) is 47.4 Å². The van der Waals surface area contributed by atoms with E-state index in [9.17, 15) is 14.9 Å². The summed E-state index contributed by atoms with van der Waals surface area (Å²) in [6.45, 7) is 2.61. The highest BCUT2D eigenvalue weighted by Gasteiger charge is 2.35. The summed E-state index contributed by atoms with van der Waals surface area (Å²) in [5.41, 5.74) is 0.487. The highest BCUT2D eigenvalue weighted by molar-refractivity contribution is 5.77. The Hall–Kier alpha value is -2.15.